The van der Waals surface area contributed by atoms with Crippen LogP contribution in [0.4, 0.5) is 0 Å². The Balaban J connectivity index is 1.76. The van der Waals surface area contributed by atoms with E-state index in [1.54, 1.807) is 0 Å². The maximum atomic E-state index is 10.5. The second-order valence-corrected chi connectivity index (χ2v) is 5.81. The van der Waals surface area contributed by atoms with Crippen molar-refractivity contribution in [3.8, 4) is 0 Å². The first-order valence-electron chi connectivity index (χ1n) is 7.44. The average Bonchev–Trinajstić information content (AvgIpc) is 2.59. The highest BCUT2D eigenvalue weighted by Gasteiger charge is 2.39. The number of hydrogen-bond acceptors (Lipinski definition) is 4. The molecule has 0 spiro atoms. The molecule has 0 amide bonds. The monoisotopic (exact) mass is 256 g/mol. The molecular formula is C14H28N2O2. The summed E-state index contributed by atoms with van der Waals surface area (Å²) >= 11 is 0. The van der Waals surface area contributed by atoms with Gasteiger partial charge in [0, 0.05) is 25.6 Å². The molecule has 18 heavy (non-hydrogen) atoms. The van der Waals surface area contributed by atoms with Crippen LogP contribution in [0.2, 0.25) is 0 Å². The predicted octanol–water partition coefficient (Wildman–Crippen LogP) is 0.990. The second kappa shape index (κ2) is 6.33. The molecule has 0 bridgehead atoms. The molecule has 0 radical (unpaired) electrons. The predicted molar refractivity (Wildman–Crippen MR) is 72.7 cm³/mol. The van der Waals surface area contributed by atoms with Crippen LogP contribution in [-0.4, -0.2) is 60.5 Å². The summed E-state index contributed by atoms with van der Waals surface area (Å²) in [6, 6.07) is 0.554. The molecule has 2 fully saturated rings. The van der Waals surface area contributed by atoms with Gasteiger partial charge in [0.2, 0.25) is 0 Å². The Kier molecular flexibility index (Phi) is 5.01. The lowest BCUT2D eigenvalue weighted by Gasteiger charge is -2.29. The van der Waals surface area contributed by atoms with Crippen LogP contribution >= 0.6 is 0 Å². The van der Waals surface area contributed by atoms with Crippen molar-refractivity contribution in [2.75, 3.05) is 32.8 Å². The lowest BCUT2D eigenvalue weighted by Crippen LogP contribution is -2.48. The van der Waals surface area contributed by atoms with Crippen LogP contribution < -0.4 is 5.32 Å². The van der Waals surface area contributed by atoms with Gasteiger partial charge in [-0.15, -0.1) is 0 Å². The minimum absolute atomic E-state index is 0.0390. The highest BCUT2D eigenvalue weighted by Crippen LogP contribution is 2.25. The van der Waals surface area contributed by atoms with E-state index in [4.69, 9.17) is 4.74 Å². The Labute approximate surface area is 111 Å². The maximum absolute atomic E-state index is 10.5. The molecule has 0 aliphatic carbocycles. The topological polar surface area (TPSA) is 44.7 Å². The van der Waals surface area contributed by atoms with Gasteiger partial charge >= 0.3 is 0 Å². The Morgan fingerprint density at radius 2 is 2.22 bits per heavy atom. The van der Waals surface area contributed by atoms with Crippen LogP contribution in [0.25, 0.3) is 0 Å². The summed E-state index contributed by atoms with van der Waals surface area (Å²) in [5.41, 5.74) is -0.656. The summed E-state index contributed by atoms with van der Waals surface area (Å²) in [5.74, 6) is 0. The van der Waals surface area contributed by atoms with Crippen molar-refractivity contribution < 1.29 is 9.84 Å². The van der Waals surface area contributed by atoms with Crippen LogP contribution in [-0.2, 0) is 4.74 Å². The van der Waals surface area contributed by atoms with Gasteiger partial charge in [-0.25, -0.2) is 0 Å². The molecule has 3 atom stereocenters. The highest BCUT2D eigenvalue weighted by atomic mass is 16.5. The third-order valence-electron chi connectivity index (χ3n) is 4.62. The number of aliphatic hydroxyl groups is 1. The molecular weight excluding hydrogens is 228 g/mol. The van der Waals surface area contributed by atoms with Gasteiger partial charge < -0.3 is 20.1 Å². The van der Waals surface area contributed by atoms with E-state index in [0.717, 1.165) is 13.0 Å². The van der Waals surface area contributed by atoms with Crippen molar-refractivity contribution in [2.24, 2.45) is 0 Å². The normalized spacial score (nSPS) is 38.8. The van der Waals surface area contributed by atoms with Crippen molar-refractivity contribution >= 4 is 0 Å². The van der Waals surface area contributed by atoms with E-state index in [2.05, 4.69) is 17.1 Å². The molecule has 0 aromatic carbocycles. The molecule has 2 aliphatic rings. The van der Waals surface area contributed by atoms with E-state index >= 15 is 0 Å². The summed E-state index contributed by atoms with van der Waals surface area (Å²) in [7, 11) is 0. The smallest absolute Gasteiger partial charge is 0.105 e. The van der Waals surface area contributed by atoms with Gasteiger partial charge in [-0.1, -0.05) is 6.92 Å². The summed E-state index contributed by atoms with van der Waals surface area (Å²) < 4.78 is 5.47. The van der Waals surface area contributed by atoms with E-state index in [1.807, 2.05) is 6.92 Å². The minimum atomic E-state index is -0.656. The fraction of sp³-hybridized carbons (Fsp3) is 1.00. The summed E-state index contributed by atoms with van der Waals surface area (Å²) in [6.07, 6.45) is 4.40. The minimum Gasteiger partial charge on any atom is -0.386 e. The second-order valence-electron chi connectivity index (χ2n) is 5.81. The standard InChI is InChI=1S/C14H28N2O2/c1-3-16-8-4-5-13(6-9-16)15-11-14(17)7-10-18-12(14)2/h12-13,15,17H,3-11H2,1-2H3. The van der Waals surface area contributed by atoms with Gasteiger partial charge in [-0.05, 0) is 45.8 Å². The van der Waals surface area contributed by atoms with Crippen molar-refractivity contribution in [2.45, 2.75) is 57.3 Å². The molecule has 2 heterocycles. The number of ether oxygens (including phenoxy) is 1. The van der Waals surface area contributed by atoms with Crippen LogP contribution in [0.1, 0.15) is 39.5 Å². The SMILES string of the molecule is CCN1CCCC(NCC2(O)CCOC2C)CC1. The van der Waals surface area contributed by atoms with Crippen LogP contribution in [0.15, 0.2) is 0 Å². The van der Waals surface area contributed by atoms with E-state index in [-0.39, 0.29) is 6.10 Å². The molecule has 2 saturated heterocycles. The molecule has 0 aromatic heterocycles. The molecule has 4 nitrogen and oxygen atoms in total. The van der Waals surface area contributed by atoms with E-state index in [0.29, 0.717) is 19.2 Å². The molecule has 2 N–H and O–H groups in total. The largest absolute Gasteiger partial charge is 0.386 e. The van der Waals surface area contributed by atoms with Gasteiger partial charge in [-0.2, -0.15) is 0 Å². The number of rotatable bonds is 4. The molecule has 0 aromatic rings. The van der Waals surface area contributed by atoms with E-state index < -0.39 is 5.60 Å². The number of hydrogen-bond donors (Lipinski definition) is 2. The lowest BCUT2D eigenvalue weighted by molar-refractivity contribution is -0.0278. The lowest BCUT2D eigenvalue weighted by atomic mass is 9.96. The maximum Gasteiger partial charge on any atom is 0.105 e. The van der Waals surface area contributed by atoms with Gasteiger partial charge in [0.1, 0.15) is 5.60 Å². The van der Waals surface area contributed by atoms with Gasteiger partial charge in [0.15, 0.2) is 0 Å². The molecule has 3 unspecified atom stereocenters. The zero-order valence-corrected chi connectivity index (χ0v) is 11.8. The molecule has 2 aliphatic heterocycles. The van der Waals surface area contributed by atoms with Crippen LogP contribution in [0.5, 0.6) is 0 Å². The zero-order chi connectivity index (χ0) is 13.0. The molecule has 106 valence electrons. The first-order chi connectivity index (χ1) is 8.64. The molecule has 2 rings (SSSR count). The third kappa shape index (κ3) is 3.44. The summed E-state index contributed by atoms with van der Waals surface area (Å²) in [6.45, 7) is 9.12. The third-order valence-corrected chi connectivity index (χ3v) is 4.62. The Bertz CT molecular complexity index is 262. The first-order valence-corrected chi connectivity index (χ1v) is 7.44. The Hall–Kier alpha value is -0.160. The van der Waals surface area contributed by atoms with Crippen molar-refractivity contribution in [3.05, 3.63) is 0 Å². The van der Waals surface area contributed by atoms with Gasteiger partial charge in [-0.3, -0.25) is 0 Å². The summed E-state index contributed by atoms with van der Waals surface area (Å²) in [5, 5.41) is 14.0. The number of nitrogens with one attached hydrogen (secondary N) is 1. The average molecular weight is 256 g/mol. The Morgan fingerprint density at radius 1 is 1.39 bits per heavy atom. The fourth-order valence-electron chi connectivity index (χ4n) is 3.00. The molecule has 4 heteroatoms. The van der Waals surface area contributed by atoms with Crippen molar-refractivity contribution in [1.29, 1.82) is 0 Å². The first kappa shape index (κ1) is 14.3. The number of nitrogens with zero attached hydrogens (tertiary/aromatic N) is 1. The quantitative estimate of drug-likeness (QED) is 0.787. The summed E-state index contributed by atoms with van der Waals surface area (Å²) in [4.78, 5) is 2.51. The van der Waals surface area contributed by atoms with E-state index in [9.17, 15) is 5.11 Å². The highest BCUT2D eigenvalue weighted by molar-refractivity contribution is 4.92. The van der Waals surface area contributed by atoms with Gasteiger partial charge in [0.05, 0.1) is 6.10 Å². The van der Waals surface area contributed by atoms with Gasteiger partial charge in [0.25, 0.3) is 0 Å². The fourth-order valence-corrected chi connectivity index (χ4v) is 3.00. The molecule has 0 saturated carbocycles. The van der Waals surface area contributed by atoms with Crippen molar-refractivity contribution in [1.82, 2.24) is 10.2 Å². The van der Waals surface area contributed by atoms with E-state index in [1.165, 1.54) is 32.4 Å². The van der Waals surface area contributed by atoms with Crippen LogP contribution in [0.3, 0.4) is 0 Å². The zero-order valence-electron chi connectivity index (χ0n) is 11.8. The van der Waals surface area contributed by atoms with Crippen molar-refractivity contribution in [3.63, 3.8) is 0 Å². The number of likely N-dealkylation sites (tertiary alicyclic amines) is 1. The van der Waals surface area contributed by atoms with Crippen LogP contribution in [0, 0.1) is 0 Å². The Morgan fingerprint density at radius 3 is 2.89 bits per heavy atom.